The summed E-state index contributed by atoms with van der Waals surface area (Å²) in [5, 5.41) is 14.4. The van der Waals surface area contributed by atoms with E-state index < -0.39 is 0 Å². The molecule has 1 amide bonds. The number of ether oxygens (including phenoxy) is 1. The molecule has 1 aliphatic rings. The summed E-state index contributed by atoms with van der Waals surface area (Å²) < 4.78 is 5.70. The van der Waals surface area contributed by atoms with Crippen molar-refractivity contribution < 1.29 is 9.53 Å². The van der Waals surface area contributed by atoms with E-state index >= 15 is 0 Å². The van der Waals surface area contributed by atoms with E-state index in [1.54, 1.807) is 14.0 Å². The maximum absolute atomic E-state index is 11.9. The highest BCUT2D eigenvalue weighted by molar-refractivity contribution is 6.08. The van der Waals surface area contributed by atoms with Gasteiger partial charge in [-0.3, -0.25) is 4.79 Å². The van der Waals surface area contributed by atoms with Gasteiger partial charge in [0.05, 0.1) is 24.2 Å². The van der Waals surface area contributed by atoms with Crippen LogP contribution in [0, 0.1) is 11.3 Å². The second kappa shape index (κ2) is 11.0. The predicted molar refractivity (Wildman–Crippen MR) is 124 cm³/mol. The van der Waals surface area contributed by atoms with Crippen molar-refractivity contribution in [3.8, 4) is 5.75 Å². The van der Waals surface area contributed by atoms with Crippen LogP contribution in [0.25, 0.3) is 5.57 Å². The number of hydrogen-bond donors (Lipinski definition) is 4. The average Bonchev–Trinajstić information content (AvgIpc) is 3.55. The quantitative estimate of drug-likeness (QED) is 0.266. The fourth-order valence-electron chi connectivity index (χ4n) is 2.81. The van der Waals surface area contributed by atoms with Crippen molar-refractivity contribution in [3.63, 3.8) is 0 Å². The van der Waals surface area contributed by atoms with Crippen LogP contribution in [0.15, 0.2) is 53.3 Å². The van der Waals surface area contributed by atoms with Crippen molar-refractivity contribution in [1.82, 2.24) is 5.32 Å². The number of nitrogens with two attached hydrogens (primary N) is 1. The number of anilines is 1. The molecule has 0 radical (unpaired) electrons. The number of nitrogens with zero attached hydrogens (tertiary/aromatic N) is 1. The molecule has 160 valence electrons. The van der Waals surface area contributed by atoms with Crippen LogP contribution in [-0.4, -0.2) is 31.6 Å². The molecule has 5 N–H and O–H groups in total. The van der Waals surface area contributed by atoms with Gasteiger partial charge >= 0.3 is 0 Å². The summed E-state index contributed by atoms with van der Waals surface area (Å²) in [7, 11) is 3.45. The summed E-state index contributed by atoms with van der Waals surface area (Å²) in [5.41, 5.74) is 9.18. The lowest BCUT2D eigenvalue weighted by molar-refractivity contribution is -0.118. The lowest BCUT2D eigenvalue weighted by Gasteiger charge is -2.17. The van der Waals surface area contributed by atoms with Gasteiger partial charge in [0.2, 0.25) is 0 Å². The molecule has 2 rings (SSSR count). The number of amidine groups is 1. The minimum Gasteiger partial charge on any atom is -0.494 e. The zero-order valence-corrected chi connectivity index (χ0v) is 18.1. The normalized spacial score (nSPS) is 15.3. The van der Waals surface area contributed by atoms with Crippen molar-refractivity contribution in [3.05, 3.63) is 53.9 Å². The number of aliphatic imine (C=N–C) groups is 1. The lowest BCUT2D eigenvalue weighted by atomic mass is 10.0. The number of hydrogen-bond acceptors (Lipinski definition) is 5. The first kappa shape index (κ1) is 22.9. The monoisotopic (exact) mass is 409 g/mol. The Morgan fingerprint density at radius 2 is 2.13 bits per heavy atom. The highest BCUT2D eigenvalue weighted by Crippen LogP contribution is 2.35. The van der Waals surface area contributed by atoms with Crippen LogP contribution in [0.2, 0.25) is 0 Å². The number of carbonyl (C=O) groups excluding carboxylic acids is 1. The molecule has 7 nitrogen and oxygen atoms in total. The van der Waals surface area contributed by atoms with Gasteiger partial charge in [0.1, 0.15) is 11.6 Å². The summed E-state index contributed by atoms with van der Waals surface area (Å²) in [6.07, 6.45) is 10.2. The van der Waals surface area contributed by atoms with Crippen molar-refractivity contribution in [1.29, 1.82) is 5.41 Å². The molecular formula is C23H31N5O2. The Bertz CT molecular complexity index is 908. The first-order valence-corrected chi connectivity index (χ1v) is 10.0. The Morgan fingerprint density at radius 3 is 2.70 bits per heavy atom. The lowest BCUT2D eigenvalue weighted by Crippen LogP contribution is -2.17. The van der Waals surface area contributed by atoms with Gasteiger partial charge < -0.3 is 26.5 Å². The Labute approximate surface area is 178 Å². The van der Waals surface area contributed by atoms with E-state index in [1.807, 2.05) is 37.5 Å². The molecule has 0 spiro atoms. The molecule has 0 bridgehead atoms. The summed E-state index contributed by atoms with van der Waals surface area (Å²) >= 11 is 0. The fourth-order valence-corrected chi connectivity index (χ4v) is 2.81. The van der Waals surface area contributed by atoms with Crippen LogP contribution in [0.3, 0.4) is 0 Å². The van der Waals surface area contributed by atoms with Crippen molar-refractivity contribution in [2.75, 3.05) is 19.5 Å². The Balaban J connectivity index is 2.40. The van der Waals surface area contributed by atoms with E-state index in [0.29, 0.717) is 17.1 Å². The van der Waals surface area contributed by atoms with Gasteiger partial charge in [0, 0.05) is 36.4 Å². The highest BCUT2D eigenvalue weighted by atomic mass is 16.5. The van der Waals surface area contributed by atoms with Crippen LogP contribution < -0.4 is 21.1 Å². The van der Waals surface area contributed by atoms with E-state index in [2.05, 4.69) is 28.6 Å². The minimum absolute atomic E-state index is 0.000211. The molecule has 0 atom stereocenters. The number of methoxy groups -OCH3 is 1. The zero-order chi connectivity index (χ0) is 22.1. The molecule has 7 heteroatoms. The largest absolute Gasteiger partial charge is 0.494 e. The first-order valence-electron chi connectivity index (χ1n) is 10.0. The van der Waals surface area contributed by atoms with Crippen LogP contribution >= 0.6 is 0 Å². The molecule has 0 aliphatic heterocycles. The van der Waals surface area contributed by atoms with Crippen molar-refractivity contribution in [2.45, 2.75) is 33.1 Å². The zero-order valence-electron chi connectivity index (χ0n) is 18.1. The third kappa shape index (κ3) is 6.34. The van der Waals surface area contributed by atoms with E-state index in [-0.39, 0.29) is 23.4 Å². The second-order valence-electron chi connectivity index (χ2n) is 7.04. The standard InChI is InChI=1S/C23H31N5O2/c1-5-6-8-17(14-26-3)18-9-7-10-19(22(18)30-4)27-20(15(2)24)13-21(25)28-23(29)16-11-12-16/h6-10,13-14,16,24,26-27H,5,11-12H2,1-4H3,(H2,25,28,29)/b8-6-,17-14+,20-13+,24-15?. The molecule has 1 fully saturated rings. The molecule has 0 aromatic heterocycles. The van der Waals surface area contributed by atoms with E-state index in [4.69, 9.17) is 15.9 Å². The van der Waals surface area contributed by atoms with Crippen LogP contribution in [-0.2, 0) is 4.79 Å². The van der Waals surface area contributed by atoms with Gasteiger partial charge in [-0.2, -0.15) is 4.99 Å². The van der Waals surface area contributed by atoms with Crippen LogP contribution in [0.5, 0.6) is 5.75 Å². The topological polar surface area (TPSA) is 113 Å². The minimum atomic E-state index is -0.199. The fraction of sp³-hybridized carbons (Fsp3) is 0.348. The van der Waals surface area contributed by atoms with E-state index in [9.17, 15) is 4.79 Å². The first-order chi connectivity index (χ1) is 14.4. The molecular weight excluding hydrogens is 378 g/mol. The summed E-state index contributed by atoms with van der Waals surface area (Å²) in [6, 6.07) is 5.74. The van der Waals surface area contributed by atoms with E-state index in [0.717, 1.165) is 30.4 Å². The van der Waals surface area contributed by atoms with E-state index in [1.165, 1.54) is 6.08 Å². The van der Waals surface area contributed by atoms with Crippen molar-refractivity contribution >= 4 is 28.7 Å². The molecule has 0 heterocycles. The molecule has 1 aliphatic carbocycles. The summed E-state index contributed by atoms with van der Waals surface area (Å²) in [4.78, 5) is 15.8. The number of rotatable bonds is 10. The van der Waals surface area contributed by atoms with Gasteiger partial charge in [-0.1, -0.05) is 31.2 Å². The van der Waals surface area contributed by atoms with Crippen LogP contribution in [0.4, 0.5) is 5.69 Å². The third-order valence-electron chi connectivity index (χ3n) is 4.49. The highest BCUT2D eigenvalue weighted by Gasteiger charge is 2.29. The van der Waals surface area contributed by atoms with Crippen molar-refractivity contribution in [2.24, 2.45) is 16.6 Å². The number of benzene rings is 1. The predicted octanol–water partition coefficient (Wildman–Crippen LogP) is 3.85. The maximum atomic E-state index is 11.9. The molecule has 0 saturated heterocycles. The average molecular weight is 410 g/mol. The Kier molecular flexibility index (Phi) is 8.41. The Morgan fingerprint density at radius 1 is 1.40 bits per heavy atom. The SMILES string of the molecule is CC/C=C\C(=C/NC)c1cccc(N/C(=C/C(N)=NC(=O)C2CC2)C(C)=N)c1OC. The van der Waals surface area contributed by atoms with Gasteiger partial charge in [-0.25, -0.2) is 0 Å². The smallest absolute Gasteiger partial charge is 0.250 e. The third-order valence-corrected chi connectivity index (χ3v) is 4.49. The van der Waals surface area contributed by atoms with Gasteiger partial charge in [-0.15, -0.1) is 0 Å². The molecule has 1 aromatic rings. The maximum Gasteiger partial charge on any atom is 0.250 e. The van der Waals surface area contributed by atoms with Gasteiger partial charge in [0.15, 0.2) is 0 Å². The molecule has 30 heavy (non-hydrogen) atoms. The molecule has 1 saturated carbocycles. The molecule has 0 unspecified atom stereocenters. The number of para-hydroxylation sites is 1. The second-order valence-corrected chi connectivity index (χ2v) is 7.04. The number of nitrogens with one attached hydrogen (secondary N) is 3. The van der Waals surface area contributed by atoms with Crippen LogP contribution in [0.1, 0.15) is 38.7 Å². The molecule has 1 aromatic carbocycles. The number of carbonyl (C=O) groups is 1. The van der Waals surface area contributed by atoms with Gasteiger partial charge in [-0.05, 0) is 32.3 Å². The summed E-state index contributed by atoms with van der Waals surface area (Å²) in [5.74, 6) is 0.517. The summed E-state index contributed by atoms with van der Waals surface area (Å²) in [6.45, 7) is 3.72. The van der Waals surface area contributed by atoms with Gasteiger partial charge in [0.25, 0.3) is 5.91 Å². The number of allylic oxidation sites excluding steroid dienone is 4. The Hall–Kier alpha value is -3.35. The number of amides is 1.